The van der Waals surface area contributed by atoms with Crippen LogP contribution in [0.1, 0.15) is 58.3 Å². The van der Waals surface area contributed by atoms with Crippen LogP contribution in [0.15, 0.2) is 0 Å². The van der Waals surface area contributed by atoms with Gasteiger partial charge in [0.1, 0.15) is 6.10 Å². The summed E-state index contributed by atoms with van der Waals surface area (Å²) in [5.41, 5.74) is 0. The molecule has 0 aromatic carbocycles. The van der Waals surface area contributed by atoms with Crippen LogP contribution in [-0.2, 0) is 0 Å². The van der Waals surface area contributed by atoms with E-state index in [0.717, 1.165) is 44.9 Å². The zero-order valence-electron chi connectivity index (χ0n) is 9.63. The molecule has 0 aliphatic heterocycles. The highest BCUT2D eigenvalue weighted by atomic mass is 16.3. The summed E-state index contributed by atoms with van der Waals surface area (Å²) in [6, 6.07) is 2.14. The summed E-state index contributed by atoms with van der Waals surface area (Å²) in [6.07, 6.45) is 7.19. The summed E-state index contributed by atoms with van der Waals surface area (Å²) in [5.74, 6) is 5.83. The predicted octanol–water partition coefficient (Wildman–Crippen LogP) is 3.01. The lowest BCUT2D eigenvalue weighted by Crippen LogP contribution is -2.00. The van der Waals surface area contributed by atoms with E-state index in [-0.39, 0.29) is 0 Å². The Balaban J connectivity index is 3.26. The number of hydrogen-bond acceptors (Lipinski definition) is 2. The number of nitrogens with zero attached hydrogens (tertiary/aromatic N) is 1. The van der Waals surface area contributed by atoms with Crippen LogP contribution in [0.4, 0.5) is 0 Å². The zero-order chi connectivity index (χ0) is 11.4. The fraction of sp³-hybridized carbons (Fsp3) is 0.769. The van der Waals surface area contributed by atoms with E-state index in [2.05, 4.69) is 17.9 Å². The lowest BCUT2D eigenvalue weighted by Gasteiger charge is -1.98. The van der Waals surface area contributed by atoms with Gasteiger partial charge in [-0.15, -0.1) is 5.92 Å². The van der Waals surface area contributed by atoms with Gasteiger partial charge in [-0.05, 0) is 19.3 Å². The number of hydrogen-bond donors (Lipinski definition) is 1. The van der Waals surface area contributed by atoms with E-state index in [1.165, 1.54) is 0 Å². The normalized spacial score (nSPS) is 11.3. The second-order valence-corrected chi connectivity index (χ2v) is 3.70. The van der Waals surface area contributed by atoms with Crippen molar-refractivity contribution in [1.82, 2.24) is 0 Å². The summed E-state index contributed by atoms with van der Waals surface area (Å²) in [4.78, 5) is 0. The van der Waals surface area contributed by atoms with Gasteiger partial charge in [-0.3, -0.25) is 0 Å². The lowest BCUT2D eigenvalue weighted by atomic mass is 10.1. The number of aliphatic hydroxyl groups excluding tert-OH is 1. The second-order valence-electron chi connectivity index (χ2n) is 3.70. The van der Waals surface area contributed by atoms with Gasteiger partial charge in [0.2, 0.25) is 0 Å². The van der Waals surface area contributed by atoms with Crippen LogP contribution in [0.3, 0.4) is 0 Å². The highest BCUT2D eigenvalue weighted by molar-refractivity contribution is 5.04. The van der Waals surface area contributed by atoms with Crippen LogP contribution in [0.5, 0.6) is 0 Å². The first-order valence-electron chi connectivity index (χ1n) is 5.84. The largest absolute Gasteiger partial charge is 0.380 e. The highest BCUT2D eigenvalue weighted by Gasteiger charge is 1.94. The molecule has 15 heavy (non-hydrogen) atoms. The molecule has 0 bridgehead atoms. The van der Waals surface area contributed by atoms with Crippen molar-refractivity contribution in [3.8, 4) is 17.9 Å². The summed E-state index contributed by atoms with van der Waals surface area (Å²) in [6.45, 7) is 2.04. The zero-order valence-corrected chi connectivity index (χ0v) is 9.63. The van der Waals surface area contributed by atoms with Crippen molar-refractivity contribution >= 4 is 0 Å². The van der Waals surface area contributed by atoms with E-state index < -0.39 is 6.10 Å². The van der Waals surface area contributed by atoms with Crippen LogP contribution in [-0.4, -0.2) is 11.2 Å². The van der Waals surface area contributed by atoms with Gasteiger partial charge in [-0.2, -0.15) is 5.26 Å². The van der Waals surface area contributed by atoms with Crippen molar-refractivity contribution in [2.75, 3.05) is 0 Å². The van der Waals surface area contributed by atoms with Crippen LogP contribution in [0.25, 0.3) is 0 Å². The van der Waals surface area contributed by atoms with Gasteiger partial charge >= 0.3 is 0 Å². The second kappa shape index (κ2) is 11.1. The van der Waals surface area contributed by atoms with E-state index >= 15 is 0 Å². The van der Waals surface area contributed by atoms with Crippen LogP contribution >= 0.6 is 0 Å². The average molecular weight is 207 g/mol. The molecule has 0 radical (unpaired) electrons. The lowest BCUT2D eigenvalue weighted by molar-refractivity contribution is 0.221. The molecule has 1 atom stereocenters. The monoisotopic (exact) mass is 207 g/mol. The molecule has 0 saturated heterocycles. The molecule has 0 aliphatic rings. The molecule has 84 valence electrons. The van der Waals surface area contributed by atoms with Crippen LogP contribution in [0, 0.1) is 23.2 Å². The smallest absolute Gasteiger partial charge is 0.114 e. The molecule has 0 saturated carbocycles. The Hall–Kier alpha value is -0.990. The number of nitriles is 1. The molecule has 0 unspecified atom stereocenters. The molecule has 0 spiro atoms. The standard InChI is InChI=1S/C13H21NO/c1-2-10-13(15)11-8-6-4-3-5-7-9-12-14/h13,15H,2-7,9-10H2,1H3/t13-/m1/s1. The van der Waals surface area contributed by atoms with E-state index in [1.54, 1.807) is 0 Å². The molecule has 2 nitrogen and oxygen atoms in total. The molecule has 0 amide bonds. The quantitative estimate of drug-likeness (QED) is 0.515. The molecule has 0 heterocycles. The summed E-state index contributed by atoms with van der Waals surface area (Å²) in [5, 5.41) is 17.6. The van der Waals surface area contributed by atoms with Gasteiger partial charge in [0.15, 0.2) is 0 Å². The Bertz CT molecular complexity index is 231. The van der Waals surface area contributed by atoms with Crippen molar-refractivity contribution < 1.29 is 5.11 Å². The van der Waals surface area contributed by atoms with Gasteiger partial charge in [0.05, 0.1) is 6.07 Å². The fourth-order valence-corrected chi connectivity index (χ4v) is 1.31. The van der Waals surface area contributed by atoms with Crippen LogP contribution < -0.4 is 0 Å². The number of aliphatic hydroxyl groups is 1. The summed E-state index contributed by atoms with van der Waals surface area (Å²) < 4.78 is 0. The highest BCUT2D eigenvalue weighted by Crippen LogP contribution is 2.04. The van der Waals surface area contributed by atoms with Gasteiger partial charge in [0.25, 0.3) is 0 Å². The van der Waals surface area contributed by atoms with E-state index in [4.69, 9.17) is 5.26 Å². The first-order valence-corrected chi connectivity index (χ1v) is 5.84. The van der Waals surface area contributed by atoms with Gasteiger partial charge in [-0.1, -0.05) is 32.1 Å². The third-order valence-electron chi connectivity index (χ3n) is 2.17. The van der Waals surface area contributed by atoms with Crippen LogP contribution in [0.2, 0.25) is 0 Å². The molecular formula is C13H21NO. The molecule has 2 heteroatoms. The SMILES string of the molecule is CCC[C@@H](O)C#CCCCCCCC#N. The Morgan fingerprint density at radius 2 is 1.80 bits per heavy atom. The minimum absolute atomic E-state index is 0.436. The molecule has 0 fully saturated rings. The first-order chi connectivity index (χ1) is 7.31. The molecule has 0 aliphatic carbocycles. The van der Waals surface area contributed by atoms with Crippen molar-refractivity contribution in [2.45, 2.75) is 64.4 Å². The Morgan fingerprint density at radius 1 is 1.13 bits per heavy atom. The van der Waals surface area contributed by atoms with E-state index in [9.17, 15) is 5.11 Å². The van der Waals surface area contributed by atoms with Gasteiger partial charge in [0, 0.05) is 12.8 Å². The fourth-order valence-electron chi connectivity index (χ4n) is 1.31. The van der Waals surface area contributed by atoms with Gasteiger partial charge < -0.3 is 5.11 Å². The van der Waals surface area contributed by atoms with Crippen molar-refractivity contribution in [3.63, 3.8) is 0 Å². The van der Waals surface area contributed by atoms with E-state index in [0.29, 0.717) is 6.42 Å². The van der Waals surface area contributed by atoms with Crippen molar-refractivity contribution in [2.24, 2.45) is 0 Å². The van der Waals surface area contributed by atoms with E-state index in [1.807, 2.05) is 6.92 Å². The number of unbranched alkanes of at least 4 members (excludes halogenated alkanes) is 5. The maximum atomic E-state index is 9.31. The Labute approximate surface area is 93.3 Å². The molecule has 0 rings (SSSR count). The third kappa shape index (κ3) is 10.9. The Kier molecular flexibility index (Phi) is 10.4. The summed E-state index contributed by atoms with van der Waals surface area (Å²) >= 11 is 0. The van der Waals surface area contributed by atoms with Crippen molar-refractivity contribution in [3.05, 3.63) is 0 Å². The maximum absolute atomic E-state index is 9.31. The molecule has 0 aromatic rings. The minimum atomic E-state index is -0.436. The number of rotatable bonds is 7. The van der Waals surface area contributed by atoms with Crippen molar-refractivity contribution in [1.29, 1.82) is 5.26 Å². The first kappa shape index (κ1) is 14.0. The Morgan fingerprint density at radius 3 is 2.40 bits per heavy atom. The topological polar surface area (TPSA) is 44.0 Å². The maximum Gasteiger partial charge on any atom is 0.114 e. The summed E-state index contributed by atoms with van der Waals surface area (Å²) in [7, 11) is 0. The third-order valence-corrected chi connectivity index (χ3v) is 2.17. The predicted molar refractivity (Wildman–Crippen MR) is 62.0 cm³/mol. The molecule has 0 aromatic heterocycles. The minimum Gasteiger partial charge on any atom is -0.380 e. The molecule has 1 N–H and O–H groups in total. The molecular weight excluding hydrogens is 186 g/mol. The van der Waals surface area contributed by atoms with Gasteiger partial charge in [-0.25, -0.2) is 0 Å². The average Bonchev–Trinajstić information content (AvgIpc) is 2.22.